The van der Waals surface area contributed by atoms with Crippen LogP contribution in [0.2, 0.25) is 5.02 Å². The molecule has 11 heteroatoms. The van der Waals surface area contributed by atoms with Gasteiger partial charge in [-0.15, -0.1) is 11.3 Å². The molecule has 2 aliphatic heterocycles. The standard InChI is InChI=1S/C30H30ClN7O2S/c1-36-13-2-3-20(36)8-10-34-29(40)26-27(39)21-5-7-25(37-14-9-18(17-37)22-16-32-11-12-33-22)35-28(21)38-23-6-4-19(31)15-24(23)41-30(26)38/h4-7,11-12,15-16,18,20H,2-3,8-10,13-14,17H2,1H3,(H,34,40). The maximum absolute atomic E-state index is 13.9. The lowest BCUT2D eigenvalue weighted by atomic mass is 10.1. The summed E-state index contributed by atoms with van der Waals surface area (Å²) in [5, 5.41) is 4.06. The summed E-state index contributed by atoms with van der Waals surface area (Å²) >= 11 is 7.73. The third-order valence-electron chi connectivity index (χ3n) is 8.51. The zero-order valence-corrected chi connectivity index (χ0v) is 24.3. The number of thiazole rings is 1. The molecule has 210 valence electrons. The Morgan fingerprint density at radius 1 is 1.17 bits per heavy atom. The van der Waals surface area contributed by atoms with E-state index in [4.69, 9.17) is 16.6 Å². The zero-order valence-electron chi connectivity index (χ0n) is 22.7. The summed E-state index contributed by atoms with van der Waals surface area (Å²) < 4.78 is 2.84. The number of pyridine rings is 2. The van der Waals surface area contributed by atoms with Crippen molar-refractivity contribution in [2.24, 2.45) is 0 Å². The van der Waals surface area contributed by atoms with E-state index in [-0.39, 0.29) is 22.8 Å². The third-order valence-corrected chi connectivity index (χ3v) is 9.87. The van der Waals surface area contributed by atoms with Crippen LogP contribution in [0, 0.1) is 0 Å². The molecule has 6 heterocycles. The number of hydrogen-bond donors (Lipinski definition) is 1. The molecule has 2 unspecified atom stereocenters. The molecule has 1 aromatic carbocycles. The first-order valence-corrected chi connectivity index (χ1v) is 15.2. The number of likely N-dealkylation sites (tertiary alicyclic amines) is 1. The van der Waals surface area contributed by atoms with Crippen molar-refractivity contribution in [2.75, 3.05) is 38.1 Å². The Hall–Kier alpha value is -3.60. The summed E-state index contributed by atoms with van der Waals surface area (Å²) in [5.74, 6) is 0.717. The van der Waals surface area contributed by atoms with Gasteiger partial charge in [0.2, 0.25) is 5.43 Å². The van der Waals surface area contributed by atoms with Gasteiger partial charge in [-0.05, 0) is 69.6 Å². The summed E-state index contributed by atoms with van der Waals surface area (Å²) in [7, 11) is 2.13. The predicted molar refractivity (Wildman–Crippen MR) is 164 cm³/mol. The number of carbonyl (C=O) groups is 1. The topological polar surface area (TPSA) is 95.7 Å². The highest BCUT2D eigenvalue weighted by Crippen LogP contribution is 2.34. The fraction of sp³-hybridized carbons (Fsp3) is 0.367. The molecular weight excluding hydrogens is 558 g/mol. The van der Waals surface area contributed by atoms with E-state index in [9.17, 15) is 9.59 Å². The average Bonchev–Trinajstić information content (AvgIpc) is 3.72. The van der Waals surface area contributed by atoms with Crippen LogP contribution in [0.15, 0.2) is 53.7 Å². The lowest BCUT2D eigenvalue weighted by Gasteiger charge is -2.19. The highest BCUT2D eigenvalue weighted by molar-refractivity contribution is 7.24. The first-order valence-electron chi connectivity index (χ1n) is 14.0. The van der Waals surface area contributed by atoms with E-state index in [0.717, 1.165) is 60.6 Å². The van der Waals surface area contributed by atoms with Crippen LogP contribution >= 0.6 is 22.9 Å². The number of halogens is 1. The van der Waals surface area contributed by atoms with Gasteiger partial charge in [-0.3, -0.25) is 24.0 Å². The van der Waals surface area contributed by atoms with Crippen LogP contribution in [0.5, 0.6) is 0 Å². The van der Waals surface area contributed by atoms with Gasteiger partial charge in [0.05, 0.1) is 21.3 Å². The second kappa shape index (κ2) is 10.7. The van der Waals surface area contributed by atoms with E-state index in [1.807, 2.05) is 40.9 Å². The van der Waals surface area contributed by atoms with Gasteiger partial charge >= 0.3 is 0 Å². The van der Waals surface area contributed by atoms with E-state index in [1.54, 1.807) is 12.4 Å². The number of aromatic nitrogens is 4. The van der Waals surface area contributed by atoms with E-state index >= 15 is 0 Å². The number of carbonyl (C=O) groups excluding carboxylic acids is 1. The first-order chi connectivity index (χ1) is 20.0. The minimum absolute atomic E-state index is 0.160. The van der Waals surface area contributed by atoms with Crippen molar-refractivity contribution in [3.05, 3.63) is 75.4 Å². The van der Waals surface area contributed by atoms with Crippen molar-refractivity contribution in [1.82, 2.24) is 29.6 Å². The fourth-order valence-electron chi connectivity index (χ4n) is 6.30. The molecule has 0 radical (unpaired) electrons. The van der Waals surface area contributed by atoms with Crippen LogP contribution in [0.4, 0.5) is 5.82 Å². The van der Waals surface area contributed by atoms with Crippen molar-refractivity contribution >= 4 is 60.7 Å². The number of fused-ring (bicyclic) bond motifs is 5. The monoisotopic (exact) mass is 587 g/mol. The maximum Gasteiger partial charge on any atom is 0.258 e. The van der Waals surface area contributed by atoms with Gasteiger partial charge in [0.25, 0.3) is 5.91 Å². The summed E-state index contributed by atoms with van der Waals surface area (Å²) in [6.45, 7) is 3.21. The Balaban J connectivity index is 1.29. The summed E-state index contributed by atoms with van der Waals surface area (Å²) in [6.07, 6.45) is 9.36. The lowest BCUT2D eigenvalue weighted by molar-refractivity contribution is 0.0951. The smallest absolute Gasteiger partial charge is 0.258 e. The molecule has 1 amide bonds. The van der Waals surface area contributed by atoms with Gasteiger partial charge in [-0.25, -0.2) is 4.98 Å². The number of hydrogen-bond acceptors (Lipinski definition) is 8. The molecule has 2 saturated heterocycles. The van der Waals surface area contributed by atoms with Crippen LogP contribution in [0.1, 0.15) is 47.7 Å². The highest BCUT2D eigenvalue weighted by Gasteiger charge is 2.28. The van der Waals surface area contributed by atoms with Crippen molar-refractivity contribution < 1.29 is 4.79 Å². The molecule has 41 heavy (non-hydrogen) atoms. The third kappa shape index (κ3) is 4.73. The Morgan fingerprint density at radius 3 is 2.88 bits per heavy atom. The molecule has 0 saturated carbocycles. The number of anilines is 1. The number of nitrogens with zero attached hydrogens (tertiary/aromatic N) is 6. The SMILES string of the molecule is CN1CCCC1CCNC(=O)c1c(=O)c2ccc(N3CCC(c4cnccn4)C3)nc2n2c1sc1cc(Cl)ccc12. The fourth-order valence-corrected chi connectivity index (χ4v) is 7.76. The molecule has 9 nitrogen and oxygen atoms in total. The molecule has 2 aliphatic rings. The van der Waals surface area contributed by atoms with Crippen molar-refractivity contribution in [3.8, 4) is 0 Å². The van der Waals surface area contributed by atoms with E-state index in [1.165, 1.54) is 17.8 Å². The van der Waals surface area contributed by atoms with Gasteiger partial charge in [0.15, 0.2) is 5.65 Å². The van der Waals surface area contributed by atoms with Gasteiger partial charge in [0.1, 0.15) is 16.2 Å². The summed E-state index contributed by atoms with van der Waals surface area (Å²) in [5.41, 5.74) is 2.25. The minimum Gasteiger partial charge on any atom is -0.356 e. The van der Waals surface area contributed by atoms with Crippen LogP contribution in [-0.2, 0) is 0 Å². The van der Waals surface area contributed by atoms with Crippen LogP contribution in [-0.4, -0.2) is 69.4 Å². The molecule has 1 N–H and O–H groups in total. The molecule has 5 aromatic rings. The molecule has 2 fully saturated rings. The molecule has 0 bridgehead atoms. The lowest BCUT2D eigenvalue weighted by Crippen LogP contribution is -2.34. The Kier molecular flexibility index (Phi) is 6.84. The van der Waals surface area contributed by atoms with Gasteiger partial charge in [-0.2, -0.15) is 0 Å². The number of rotatable bonds is 6. The van der Waals surface area contributed by atoms with E-state index in [2.05, 4.69) is 32.1 Å². The van der Waals surface area contributed by atoms with Crippen LogP contribution < -0.4 is 15.6 Å². The van der Waals surface area contributed by atoms with Crippen LogP contribution in [0.3, 0.4) is 0 Å². The van der Waals surface area contributed by atoms with E-state index < -0.39 is 0 Å². The molecule has 2 atom stereocenters. The number of amides is 1. The molecular formula is C30H30ClN7O2S. The first kappa shape index (κ1) is 26.3. The quantitative estimate of drug-likeness (QED) is 0.307. The number of nitrogens with one attached hydrogen (secondary N) is 1. The van der Waals surface area contributed by atoms with Crippen LogP contribution in [0.25, 0.3) is 26.1 Å². The second-order valence-electron chi connectivity index (χ2n) is 11.0. The summed E-state index contributed by atoms with van der Waals surface area (Å²) in [4.78, 5) is 46.4. The van der Waals surface area contributed by atoms with Crippen molar-refractivity contribution in [1.29, 1.82) is 0 Å². The minimum atomic E-state index is -0.344. The average molecular weight is 588 g/mol. The summed E-state index contributed by atoms with van der Waals surface area (Å²) in [6, 6.07) is 9.79. The van der Waals surface area contributed by atoms with Crippen molar-refractivity contribution in [3.63, 3.8) is 0 Å². The Bertz CT molecular complexity index is 1840. The second-order valence-corrected chi connectivity index (χ2v) is 12.4. The Morgan fingerprint density at radius 2 is 2.07 bits per heavy atom. The normalized spacial score (nSPS) is 19.6. The maximum atomic E-state index is 13.9. The zero-order chi connectivity index (χ0) is 28.1. The molecule has 7 rings (SSSR count). The van der Waals surface area contributed by atoms with Gasteiger partial charge in [0, 0.05) is 55.2 Å². The number of benzene rings is 1. The van der Waals surface area contributed by atoms with Gasteiger partial charge < -0.3 is 15.1 Å². The molecule has 0 aliphatic carbocycles. The van der Waals surface area contributed by atoms with Crippen molar-refractivity contribution in [2.45, 2.75) is 37.6 Å². The van der Waals surface area contributed by atoms with E-state index in [0.29, 0.717) is 33.5 Å². The van der Waals surface area contributed by atoms with Gasteiger partial charge in [-0.1, -0.05) is 11.6 Å². The largest absolute Gasteiger partial charge is 0.356 e. The Labute approximate surface area is 245 Å². The molecule has 0 spiro atoms. The molecule has 4 aromatic heterocycles. The highest BCUT2D eigenvalue weighted by atomic mass is 35.5. The predicted octanol–water partition coefficient (Wildman–Crippen LogP) is 4.71.